The molecular formula is C9H10FNO. The summed E-state index contributed by atoms with van der Waals surface area (Å²) in [7, 11) is 0. The maximum absolute atomic E-state index is 12.6. The smallest absolute Gasteiger partial charge is 0.125 e. The summed E-state index contributed by atoms with van der Waals surface area (Å²) in [6, 6.07) is 4.17. The van der Waals surface area contributed by atoms with Gasteiger partial charge in [-0.15, -0.1) is 0 Å². The molecule has 2 N–H and O–H groups in total. The van der Waals surface area contributed by atoms with Crippen LogP contribution in [0.1, 0.15) is 12.5 Å². The van der Waals surface area contributed by atoms with Gasteiger partial charge in [0, 0.05) is 0 Å². The third kappa shape index (κ3) is 1.83. The Bertz CT molecular complexity index is 297. The minimum atomic E-state index is -0.375. The molecule has 1 rings (SSSR count). The first kappa shape index (κ1) is 8.74. The van der Waals surface area contributed by atoms with E-state index in [-0.39, 0.29) is 5.82 Å². The lowest BCUT2D eigenvalue weighted by atomic mass is 10.1. The monoisotopic (exact) mass is 167 g/mol. The number of rotatable bonds is 2. The van der Waals surface area contributed by atoms with Gasteiger partial charge in [-0.05, 0) is 30.7 Å². The molecule has 0 saturated heterocycles. The van der Waals surface area contributed by atoms with E-state index < -0.39 is 0 Å². The zero-order chi connectivity index (χ0) is 8.97. The molecule has 0 spiro atoms. The van der Waals surface area contributed by atoms with Crippen molar-refractivity contribution in [2.75, 3.05) is 5.48 Å². The maximum atomic E-state index is 12.6. The molecular weight excluding hydrogens is 157 g/mol. The van der Waals surface area contributed by atoms with Crippen LogP contribution in [0.3, 0.4) is 0 Å². The Morgan fingerprint density at radius 3 is 2.83 bits per heavy atom. The number of nitrogens with one attached hydrogen (secondary N) is 1. The lowest BCUT2D eigenvalue weighted by molar-refractivity contribution is 0.388. The molecule has 0 aliphatic rings. The van der Waals surface area contributed by atoms with Crippen LogP contribution in [0.5, 0.6) is 0 Å². The van der Waals surface area contributed by atoms with Gasteiger partial charge in [0.2, 0.25) is 0 Å². The van der Waals surface area contributed by atoms with Crippen LogP contribution in [0.2, 0.25) is 0 Å². The number of anilines is 1. The second-order valence-electron chi connectivity index (χ2n) is 2.34. The predicted molar refractivity (Wildman–Crippen MR) is 46.5 cm³/mol. The molecule has 0 aliphatic carbocycles. The molecule has 0 atom stereocenters. The van der Waals surface area contributed by atoms with Gasteiger partial charge in [-0.1, -0.05) is 12.2 Å². The van der Waals surface area contributed by atoms with Crippen molar-refractivity contribution in [3.8, 4) is 0 Å². The molecule has 2 nitrogen and oxygen atoms in total. The van der Waals surface area contributed by atoms with Crippen LogP contribution in [0, 0.1) is 5.82 Å². The number of allylic oxidation sites excluding steroid dienone is 1. The van der Waals surface area contributed by atoms with Crippen molar-refractivity contribution in [1.29, 1.82) is 0 Å². The molecule has 0 fully saturated rings. The molecule has 0 bridgehead atoms. The topological polar surface area (TPSA) is 32.3 Å². The molecule has 0 unspecified atom stereocenters. The Balaban J connectivity index is 3.10. The number of hydrogen-bond donors (Lipinski definition) is 2. The first-order chi connectivity index (χ1) is 5.77. The number of benzene rings is 1. The summed E-state index contributed by atoms with van der Waals surface area (Å²) < 4.78 is 12.6. The van der Waals surface area contributed by atoms with Gasteiger partial charge in [-0.2, -0.15) is 0 Å². The van der Waals surface area contributed by atoms with Crippen molar-refractivity contribution in [3.63, 3.8) is 0 Å². The summed E-state index contributed by atoms with van der Waals surface area (Å²) in [5.74, 6) is -0.375. The average molecular weight is 167 g/mol. The summed E-state index contributed by atoms with van der Waals surface area (Å²) in [5.41, 5.74) is 3.05. The van der Waals surface area contributed by atoms with E-state index in [1.54, 1.807) is 12.1 Å². The molecule has 0 aliphatic heterocycles. The summed E-state index contributed by atoms with van der Waals surface area (Å²) in [6.07, 6.45) is 3.59. The van der Waals surface area contributed by atoms with E-state index in [0.717, 1.165) is 5.56 Å². The van der Waals surface area contributed by atoms with Crippen LogP contribution in [0.15, 0.2) is 24.3 Å². The third-order valence-electron chi connectivity index (χ3n) is 1.48. The highest BCUT2D eigenvalue weighted by molar-refractivity contribution is 5.65. The van der Waals surface area contributed by atoms with Crippen molar-refractivity contribution in [2.24, 2.45) is 0 Å². The van der Waals surface area contributed by atoms with Crippen LogP contribution in [0.4, 0.5) is 10.1 Å². The first-order valence-corrected chi connectivity index (χ1v) is 3.60. The highest BCUT2D eigenvalue weighted by Crippen LogP contribution is 2.17. The van der Waals surface area contributed by atoms with Crippen LogP contribution < -0.4 is 5.48 Å². The molecule has 0 radical (unpaired) electrons. The standard InChI is InChI=1S/C9H10FNO/c1-2-3-7-4-5-8(10)6-9(7)11-12/h2-6,11-12H,1H3. The van der Waals surface area contributed by atoms with E-state index in [9.17, 15) is 4.39 Å². The van der Waals surface area contributed by atoms with Crippen LogP contribution in [-0.2, 0) is 0 Å². The number of halogens is 1. The fraction of sp³-hybridized carbons (Fsp3) is 0.111. The van der Waals surface area contributed by atoms with Crippen LogP contribution in [0.25, 0.3) is 6.08 Å². The Morgan fingerprint density at radius 1 is 1.50 bits per heavy atom. The molecule has 0 aromatic heterocycles. The highest BCUT2D eigenvalue weighted by atomic mass is 19.1. The molecule has 64 valence electrons. The molecule has 1 aromatic rings. The van der Waals surface area contributed by atoms with Gasteiger partial charge >= 0.3 is 0 Å². The van der Waals surface area contributed by atoms with Gasteiger partial charge in [-0.25, -0.2) is 4.39 Å². The second kappa shape index (κ2) is 3.88. The van der Waals surface area contributed by atoms with Gasteiger partial charge in [0.1, 0.15) is 5.82 Å². The average Bonchev–Trinajstić information content (AvgIpc) is 2.08. The van der Waals surface area contributed by atoms with Gasteiger partial charge in [0.25, 0.3) is 0 Å². The van der Waals surface area contributed by atoms with Crippen molar-refractivity contribution in [2.45, 2.75) is 6.92 Å². The SMILES string of the molecule is CC=Cc1ccc(F)cc1NO. The van der Waals surface area contributed by atoms with Gasteiger partial charge in [0.15, 0.2) is 0 Å². The van der Waals surface area contributed by atoms with Crippen molar-refractivity contribution in [1.82, 2.24) is 0 Å². The highest BCUT2D eigenvalue weighted by Gasteiger charge is 1.98. The van der Waals surface area contributed by atoms with E-state index in [4.69, 9.17) is 5.21 Å². The first-order valence-electron chi connectivity index (χ1n) is 3.60. The molecule has 3 heteroatoms. The molecule has 1 aromatic carbocycles. The zero-order valence-electron chi connectivity index (χ0n) is 6.71. The lowest BCUT2D eigenvalue weighted by Crippen LogP contribution is -1.92. The zero-order valence-corrected chi connectivity index (χ0v) is 6.71. The normalized spacial score (nSPS) is 10.6. The van der Waals surface area contributed by atoms with Crippen molar-refractivity contribution in [3.05, 3.63) is 35.7 Å². The summed E-state index contributed by atoms with van der Waals surface area (Å²) in [4.78, 5) is 0. The Kier molecular flexibility index (Phi) is 2.82. The Hall–Kier alpha value is -1.35. The quantitative estimate of drug-likeness (QED) is 0.663. The summed E-state index contributed by atoms with van der Waals surface area (Å²) in [6.45, 7) is 1.85. The molecule has 0 heterocycles. The van der Waals surface area contributed by atoms with Crippen LogP contribution >= 0.6 is 0 Å². The molecule has 0 saturated carbocycles. The Labute approximate surface area is 70.3 Å². The third-order valence-corrected chi connectivity index (χ3v) is 1.48. The largest absolute Gasteiger partial charge is 0.291 e. The lowest BCUT2D eigenvalue weighted by Gasteiger charge is -2.02. The van der Waals surface area contributed by atoms with Crippen molar-refractivity contribution >= 4 is 11.8 Å². The van der Waals surface area contributed by atoms with E-state index in [1.807, 2.05) is 18.5 Å². The summed E-state index contributed by atoms with van der Waals surface area (Å²) >= 11 is 0. The van der Waals surface area contributed by atoms with Gasteiger partial charge in [-0.3, -0.25) is 10.7 Å². The molecule has 12 heavy (non-hydrogen) atoms. The predicted octanol–water partition coefficient (Wildman–Crippen LogP) is 2.66. The summed E-state index contributed by atoms with van der Waals surface area (Å²) in [5, 5.41) is 8.62. The van der Waals surface area contributed by atoms with Crippen LogP contribution in [-0.4, -0.2) is 5.21 Å². The van der Waals surface area contributed by atoms with E-state index >= 15 is 0 Å². The van der Waals surface area contributed by atoms with E-state index in [1.165, 1.54) is 12.1 Å². The molecule has 0 amide bonds. The maximum Gasteiger partial charge on any atom is 0.125 e. The fourth-order valence-electron chi connectivity index (χ4n) is 0.950. The van der Waals surface area contributed by atoms with E-state index in [0.29, 0.717) is 5.69 Å². The fourth-order valence-corrected chi connectivity index (χ4v) is 0.950. The number of hydrogen-bond acceptors (Lipinski definition) is 2. The van der Waals surface area contributed by atoms with Gasteiger partial charge < -0.3 is 0 Å². The minimum absolute atomic E-state index is 0.369. The van der Waals surface area contributed by atoms with E-state index in [2.05, 4.69) is 0 Å². The Morgan fingerprint density at radius 2 is 2.25 bits per heavy atom. The second-order valence-corrected chi connectivity index (χ2v) is 2.34. The van der Waals surface area contributed by atoms with Gasteiger partial charge in [0.05, 0.1) is 5.69 Å². The van der Waals surface area contributed by atoms with Crippen molar-refractivity contribution < 1.29 is 9.60 Å². The minimum Gasteiger partial charge on any atom is -0.291 e.